The molecule has 4 N–H and O–H groups in total. The van der Waals surface area contributed by atoms with E-state index in [9.17, 15) is 29.7 Å². The number of rotatable bonds is 7. The zero-order valence-electron chi connectivity index (χ0n) is 27.8. The van der Waals surface area contributed by atoms with Gasteiger partial charge in [0, 0.05) is 22.4 Å². The normalized spacial score (nSPS) is 36.7. The molecule has 248 valence electrons. The first-order chi connectivity index (χ1) is 21.0. The van der Waals surface area contributed by atoms with Gasteiger partial charge in [-0.25, -0.2) is 4.39 Å². The van der Waals surface area contributed by atoms with Gasteiger partial charge in [0.25, 0.3) is 0 Å². The molecule has 0 aliphatic heterocycles. The van der Waals surface area contributed by atoms with E-state index >= 15 is 4.39 Å². The van der Waals surface area contributed by atoms with Gasteiger partial charge in [0.15, 0.2) is 17.2 Å². The van der Waals surface area contributed by atoms with Gasteiger partial charge in [-0.3, -0.25) is 19.3 Å². The molecule has 1 aromatic carbocycles. The molecule has 8 atom stereocenters. The number of hydrogen-bond donors (Lipinski definition) is 4. The molecule has 5 rings (SSSR count). The van der Waals surface area contributed by atoms with E-state index in [2.05, 4.69) is 24.1 Å². The number of nitrogens with zero attached hydrogens (tertiary/aromatic N) is 1. The number of para-hydroxylation sites is 1. The number of Topliss-reactive ketones (excluding diaryl/α,β-unsaturated/α-hetero) is 1. The summed E-state index contributed by atoms with van der Waals surface area (Å²) < 4.78 is 16.9. The number of fused-ring (bicyclic) bond motifs is 5. The number of benzene rings is 1. The molecule has 3 fully saturated rings. The summed E-state index contributed by atoms with van der Waals surface area (Å²) in [5, 5.41) is 35.0. The van der Waals surface area contributed by atoms with E-state index in [0.29, 0.717) is 31.4 Å². The number of hydrogen-bond acceptors (Lipinski definition) is 7. The molecule has 0 heterocycles. The quantitative estimate of drug-likeness (QED) is 0.352. The maximum Gasteiger partial charge on any atom is 0.238 e. The number of alkyl halides is 1. The lowest BCUT2D eigenvalue weighted by atomic mass is 9.44. The number of amides is 1. The highest BCUT2D eigenvalue weighted by molar-refractivity contribution is 6.01. The van der Waals surface area contributed by atoms with Crippen LogP contribution in [-0.4, -0.2) is 81.3 Å². The lowest BCUT2D eigenvalue weighted by molar-refractivity contribution is -0.219. The molecule has 45 heavy (non-hydrogen) atoms. The minimum Gasteiger partial charge on any atom is -0.390 e. The Hall–Kier alpha value is -2.72. The summed E-state index contributed by atoms with van der Waals surface area (Å²) in [6, 6.07) is 6.03. The van der Waals surface area contributed by atoms with Crippen molar-refractivity contribution in [1.29, 1.82) is 0 Å². The standard InChI is InChI=1S/C22H29FO5.C14H22N2O/c1-12-8-16-15-5-4-13-9-14(25)6-7-19(13,2)21(15,23)17(26)10-20(16,3)22(12,28)18(27)11-24;1-5-16(6-2)10-13(17)15-14-11(3)8-7-9-12(14)4/h6-7,9,12,15-17,24,26,28H,4-5,8,10-11H2,1-3H3;7-9H,5-6,10H2,1-4H3,(H,15,17)/t12-,15+,16+,17+,19?,20+,21+,22+;/m1./s1. The van der Waals surface area contributed by atoms with Gasteiger partial charge in [-0.2, -0.15) is 0 Å². The molecule has 4 aliphatic rings. The van der Waals surface area contributed by atoms with Crippen molar-refractivity contribution in [1.82, 2.24) is 4.90 Å². The van der Waals surface area contributed by atoms with Crippen molar-refractivity contribution in [3.05, 3.63) is 53.1 Å². The van der Waals surface area contributed by atoms with Crippen molar-refractivity contribution < 1.29 is 34.1 Å². The summed E-state index contributed by atoms with van der Waals surface area (Å²) in [5.41, 5.74) is -2.00. The molecule has 1 aromatic rings. The second-order valence-electron chi connectivity index (χ2n) is 14.0. The minimum atomic E-state index is -1.98. The molecular weight excluding hydrogens is 575 g/mol. The predicted molar refractivity (Wildman–Crippen MR) is 172 cm³/mol. The molecule has 0 radical (unpaired) electrons. The van der Waals surface area contributed by atoms with Gasteiger partial charge in [-0.05, 0) is 94.7 Å². The number of ketones is 2. The van der Waals surface area contributed by atoms with Crippen LogP contribution in [-0.2, 0) is 14.4 Å². The van der Waals surface area contributed by atoms with Crippen molar-refractivity contribution in [3.8, 4) is 0 Å². The third kappa shape index (κ3) is 5.53. The third-order valence-corrected chi connectivity index (χ3v) is 11.8. The van der Waals surface area contributed by atoms with Gasteiger partial charge >= 0.3 is 0 Å². The van der Waals surface area contributed by atoms with Crippen molar-refractivity contribution in [2.24, 2.45) is 28.6 Å². The highest BCUT2D eigenvalue weighted by Crippen LogP contribution is 2.70. The molecule has 0 bridgehead atoms. The second kappa shape index (κ2) is 12.8. The van der Waals surface area contributed by atoms with Crippen LogP contribution >= 0.6 is 0 Å². The molecule has 0 aromatic heterocycles. The minimum absolute atomic E-state index is 0.0612. The number of allylic oxidation sites excluding steroid dienone is 4. The summed E-state index contributed by atoms with van der Waals surface area (Å²) >= 11 is 0. The second-order valence-corrected chi connectivity index (χ2v) is 14.0. The SMILES string of the molecule is CCN(CC)CC(=O)Nc1c(C)cccc1C.C[C@@H]1C[C@H]2[C@@H]3CCC4=CC(=O)C=CC4(C)[C@@]3(F)[C@@H](O)C[C@]2(C)[C@@]1(O)C(=O)CO. The lowest BCUT2D eigenvalue weighted by Crippen LogP contribution is -2.69. The third-order valence-electron chi connectivity index (χ3n) is 11.8. The molecule has 4 aliphatic carbocycles. The molecule has 1 amide bonds. The Balaban J connectivity index is 0.000000233. The van der Waals surface area contributed by atoms with Gasteiger partial charge in [0.05, 0.1) is 12.6 Å². The number of halogens is 1. The molecule has 1 unspecified atom stereocenters. The van der Waals surface area contributed by atoms with E-state index in [-0.39, 0.29) is 24.0 Å². The topological polar surface area (TPSA) is 127 Å². The fraction of sp³-hybridized carbons (Fsp3) is 0.639. The fourth-order valence-corrected chi connectivity index (χ4v) is 9.10. The summed E-state index contributed by atoms with van der Waals surface area (Å²) in [7, 11) is 0. The van der Waals surface area contributed by atoms with E-state index in [1.807, 2.05) is 32.0 Å². The van der Waals surface area contributed by atoms with Crippen molar-refractivity contribution in [2.75, 3.05) is 31.6 Å². The molecule has 9 heteroatoms. The zero-order chi connectivity index (χ0) is 33.5. The summed E-state index contributed by atoms with van der Waals surface area (Å²) in [5.74, 6) is -2.06. The van der Waals surface area contributed by atoms with Gasteiger partial charge in [0.1, 0.15) is 12.2 Å². The Morgan fingerprint density at radius 3 is 2.31 bits per heavy atom. The Morgan fingerprint density at radius 1 is 1.11 bits per heavy atom. The Labute approximate surface area is 266 Å². The number of aliphatic hydroxyl groups excluding tert-OH is 2. The van der Waals surface area contributed by atoms with Crippen LogP contribution in [0.3, 0.4) is 0 Å². The van der Waals surface area contributed by atoms with Crippen molar-refractivity contribution >= 4 is 23.2 Å². The maximum atomic E-state index is 16.9. The van der Waals surface area contributed by atoms with Crippen LogP contribution < -0.4 is 5.32 Å². The van der Waals surface area contributed by atoms with E-state index in [1.165, 1.54) is 12.2 Å². The molecule has 8 nitrogen and oxygen atoms in total. The molecular formula is C36H51FN2O6. The molecule has 0 saturated heterocycles. The van der Waals surface area contributed by atoms with Crippen molar-refractivity contribution in [2.45, 2.75) is 91.5 Å². The Morgan fingerprint density at radius 2 is 1.73 bits per heavy atom. The van der Waals surface area contributed by atoms with Crippen LogP contribution in [0.4, 0.5) is 10.1 Å². The molecule has 0 spiro atoms. The van der Waals surface area contributed by atoms with E-state index in [1.54, 1.807) is 26.8 Å². The van der Waals surface area contributed by atoms with Gasteiger partial charge in [-0.1, -0.05) is 57.5 Å². The highest BCUT2D eigenvalue weighted by Gasteiger charge is 2.75. The van der Waals surface area contributed by atoms with Crippen molar-refractivity contribution in [3.63, 3.8) is 0 Å². The van der Waals surface area contributed by atoms with Crippen LogP contribution in [0.15, 0.2) is 42.0 Å². The first kappa shape index (κ1) is 35.1. The van der Waals surface area contributed by atoms with Crippen LogP contribution in [0, 0.1) is 42.4 Å². The zero-order valence-corrected chi connectivity index (χ0v) is 27.8. The van der Waals surface area contributed by atoms with Crippen LogP contribution in [0.25, 0.3) is 0 Å². The van der Waals surface area contributed by atoms with E-state index in [4.69, 9.17) is 0 Å². The average Bonchev–Trinajstić information content (AvgIpc) is 3.20. The number of anilines is 1. The van der Waals surface area contributed by atoms with Gasteiger partial charge in [0.2, 0.25) is 5.91 Å². The Bertz CT molecular complexity index is 1370. The number of carbonyl (C=O) groups is 3. The predicted octanol–water partition coefficient (Wildman–Crippen LogP) is 4.48. The fourth-order valence-electron chi connectivity index (χ4n) is 9.10. The summed E-state index contributed by atoms with van der Waals surface area (Å²) in [6.07, 6.45) is 4.44. The highest BCUT2D eigenvalue weighted by atomic mass is 19.1. The summed E-state index contributed by atoms with van der Waals surface area (Å²) in [6.45, 7) is 14.9. The smallest absolute Gasteiger partial charge is 0.238 e. The number of likely N-dealkylation sites (N-methyl/N-ethyl adjacent to an activating group) is 1. The largest absolute Gasteiger partial charge is 0.390 e. The van der Waals surface area contributed by atoms with E-state index < -0.39 is 52.4 Å². The number of aryl methyl sites for hydroxylation is 2. The lowest BCUT2D eigenvalue weighted by Gasteiger charge is -2.62. The Kier molecular flexibility index (Phi) is 10.0. The first-order valence-electron chi connectivity index (χ1n) is 16.3. The first-order valence-corrected chi connectivity index (χ1v) is 16.3. The average molecular weight is 627 g/mol. The summed E-state index contributed by atoms with van der Waals surface area (Å²) in [4.78, 5) is 38.4. The number of nitrogens with one attached hydrogen (secondary N) is 1. The monoisotopic (exact) mass is 626 g/mol. The van der Waals surface area contributed by atoms with E-state index in [0.717, 1.165) is 29.9 Å². The van der Waals surface area contributed by atoms with Gasteiger partial charge in [-0.15, -0.1) is 0 Å². The molecule has 3 saturated carbocycles. The van der Waals surface area contributed by atoms with Crippen LogP contribution in [0.1, 0.15) is 71.4 Å². The van der Waals surface area contributed by atoms with Gasteiger partial charge < -0.3 is 20.6 Å². The van der Waals surface area contributed by atoms with Crippen LogP contribution in [0.5, 0.6) is 0 Å². The van der Waals surface area contributed by atoms with Crippen LogP contribution in [0.2, 0.25) is 0 Å². The number of aliphatic hydroxyl groups is 3. The number of carbonyl (C=O) groups excluding carboxylic acids is 3. The maximum absolute atomic E-state index is 16.9.